The number of ether oxygens (including phenoxy) is 1. The van der Waals surface area contributed by atoms with Crippen molar-refractivity contribution in [3.05, 3.63) is 24.3 Å². The molecule has 1 atom stereocenters. The summed E-state index contributed by atoms with van der Waals surface area (Å²) in [6, 6.07) is 8.80. The van der Waals surface area contributed by atoms with Crippen molar-refractivity contribution in [2.45, 2.75) is 57.9 Å². The van der Waals surface area contributed by atoms with Gasteiger partial charge in [-0.15, -0.1) is 0 Å². The Morgan fingerprint density at radius 3 is 2.62 bits per heavy atom. The zero-order valence-corrected chi connectivity index (χ0v) is 13.4. The summed E-state index contributed by atoms with van der Waals surface area (Å²) in [7, 11) is 0. The van der Waals surface area contributed by atoms with Gasteiger partial charge in [0.05, 0.1) is 6.61 Å². The SMILES string of the molecule is CCCCCCCOc1ccc(N2CCCC(N)C2)cc1. The van der Waals surface area contributed by atoms with Crippen molar-refractivity contribution in [2.24, 2.45) is 5.73 Å². The van der Waals surface area contributed by atoms with Gasteiger partial charge in [0.15, 0.2) is 0 Å². The van der Waals surface area contributed by atoms with E-state index in [0.29, 0.717) is 6.04 Å². The van der Waals surface area contributed by atoms with Crippen molar-refractivity contribution in [2.75, 3.05) is 24.6 Å². The lowest BCUT2D eigenvalue weighted by molar-refractivity contribution is 0.304. The zero-order valence-electron chi connectivity index (χ0n) is 13.4. The second kappa shape index (κ2) is 8.93. The third-order valence-electron chi connectivity index (χ3n) is 4.18. The van der Waals surface area contributed by atoms with Gasteiger partial charge in [-0.05, 0) is 43.5 Å². The van der Waals surface area contributed by atoms with E-state index in [1.54, 1.807) is 0 Å². The van der Waals surface area contributed by atoms with Crippen LogP contribution in [-0.2, 0) is 0 Å². The number of nitrogens with zero attached hydrogens (tertiary/aromatic N) is 1. The zero-order chi connectivity index (χ0) is 14.9. The summed E-state index contributed by atoms with van der Waals surface area (Å²) in [5.74, 6) is 0.982. The first-order valence-electron chi connectivity index (χ1n) is 8.53. The maximum atomic E-state index is 6.04. The molecular formula is C18H30N2O. The number of rotatable bonds is 8. The summed E-state index contributed by atoms with van der Waals surface area (Å²) in [5, 5.41) is 0. The molecule has 1 aliphatic rings. The van der Waals surface area contributed by atoms with Gasteiger partial charge in [-0.1, -0.05) is 32.6 Å². The molecule has 0 spiro atoms. The fourth-order valence-corrected chi connectivity index (χ4v) is 2.89. The minimum absolute atomic E-state index is 0.317. The predicted octanol–water partition coefficient (Wildman–Crippen LogP) is 3.96. The van der Waals surface area contributed by atoms with Crippen LogP contribution in [0.3, 0.4) is 0 Å². The molecule has 0 bridgehead atoms. The molecule has 21 heavy (non-hydrogen) atoms. The minimum atomic E-state index is 0.317. The number of nitrogens with two attached hydrogens (primary N) is 1. The van der Waals surface area contributed by atoms with Gasteiger partial charge in [0.2, 0.25) is 0 Å². The molecule has 1 aliphatic heterocycles. The standard InChI is InChI=1S/C18H30N2O/c1-2-3-4-5-6-14-21-18-11-9-17(10-12-18)20-13-7-8-16(19)15-20/h9-12,16H,2-8,13-15,19H2,1H3. The maximum Gasteiger partial charge on any atom is 0.119 e. The molecule has 0 aromatic heterocycles. The van der Waals surface area contributed by atoms with Gasteiger partial charge in [-0.3, -0.25) is 0 Å². The Hall–Kier alpha value is -1.22. The number of hydrogen-bond donors (Lipinski definition) is 1. The Morgan fingerprint density at radius 2 is 1.90 bits per heavy atom. The first kappa shape index (κ1) is 16.2. The first-order valence-corrected chi connectivity index (χ1v) is 8.53. The van der Waals surface area contributed by atoms with Crippen LogP contribution in [-0.4, -0.2) is 25.7 Å². The summed E-state index contributed by atoms with van der Waals surface area (Å²) in [5.41, 5.74) is 7.31. The van der Waals surface area contributed by atoms with Crippen molar-refractivity contribution in [3.8, 4) is 5.75 Å². The van der Waals surface area contributed by atoms with E-state index >= 15 is 0 Å². The van der Waals surface area contributed by atoms with E-state index in [0.717, 1.165) is 38.3 Å². The van der Waals surface area contributed by atoms with Crippen LogP contribution in [0.25, 0.3) is 0 Å². The summed E-state index contributed by atoms with van der Waals surface area (Å²) in [6.07, 6.45) is 8.73. The van der Waals surface area contributed by atoms with Crippen LogP contribution in [0.4, 0.5) is 5.69 Å². The largest absolute Gasteiger partial charge is 0.494 e. The van der Waals surface area contributed by atoms with E-state index in [2.05, 4.69) is 36.1 Å². The van der Waals surface area contributed by atoms with Gasteiger partial charge in [-0.25, -0.2) is 0 Å². The Balaban J connectivity index is 1.71. The molecule has 3 nitrogen and oxygen atoms in total. The van der Waals surface area contributed by atoms with Gasteiger partial charge in [0.25, 0.3) is 0 Å². The Kier molecular flexibility index (Phi) is 6.87. The van der Waals surface area contributed by atoms with E-state index in [1.165, 1.54) is 37.8 Å². The first-order chi connectivity index (χ1) is 10.3. The second-order valence-corrected chi connectivity index (χ2v) is 6.10. The molecule has 1 aromatic rings. The van der Waals surface area contributed by atoms with E-state index < -0.39 is 0 Å². The highest BCUT2D eigenvalue weighted by Gasteiger charge is 2.16. The number of anilines is 1. The van der Waals surface area contributed by atoms with Crippen molar-refractivity contribution in [1.29, 1.82) is 0 Å². The van der Waals surface area contributed by atoms with Crippen LogP contribution in [0, 0.1) is 0 Å². The van der Waals surface area contributed by atoms with E-state index in [9.17, 15) is 0 Å². The van der Waals surface area contributed by atoms with Crippen LogP contribution in [0.5, 0.6) is 5.75 Å². The molecule has 1 aromatic carbocycles. The average molecular weight is 290 g/mol. The lowest BCUT2D eigenvalue weighted by Crippen LogP contribution is -2.42. The van der Waals surface area contributed by atoms with Crippen molar-refractivity contribution in [1.82, 2.24) is 0 Å². The van der Waals surface area contributed by atoms with Crippen LogP contribution in [0.2, 0.25) is 0 Å². The molecule has 2 N–H and O–H groups in total. The van der Waals surface area contributed by atoms with Crippen LogP contribution < -0.4 is 15.4 Å². The van der Waals surface area contributed by atoms with Crippen molar-refractivity contribution in [3.63, 3.8) is 0 Å². The lowest BCUT2D eigenvalue weighted by Gasteiger charge is -2.32. The molecule has 0 saturated carbocycles. The van der Waals surface area contributed by atoms with Gasteiger partial charge in [0, 0.05) is 24.8 Å². The summed E-state index contributed by atoms with van der Waals surface area (Å²) in [4.78, 5) is 2.38. The third kappa shape index (κ3) is 5.58. The molecule has 1 heterocycles. The van der Waals surface area contributed by atoms with Crippen LogP contribution in [0.15, 0.2) is 24.3 Å². The molecule has 3 heteroatoms. The van der Waals surface area contributed by atoms with E-state index in [-0.39, 0.29) is 0 Å². The summed E-state index contributed by atoms with van der Waals surface area (Å²) < 4.78 is 5.81. The van der Waals surface area contributed by atoms with Crippen LogP contribution >= 0.6 is 0 Å². The van der Waals surface area contributed by atoms with Crippen molar-refractivity contribution >= 4 is 5.69 Å². The van der Waals surface area contributed by atoms with Gasteiger partial charge in [0.1, 0.15) is 5.75 Å². The number of benzene rings is 1. The monoisotopic (exact) mass is 290 g/mol. The molecular weight excluding hydrogens is 260 g/mol. The molecule has 0 radical (unpaired) electrons. The van der Waals surface area contributed by atoms with E-state index in [4.69, 9.17) is 10.5 Å². The fourth-order valence-electron chi connectivity index (χ4n) is 2.89. The van der Waals surface area contributed by atoms with Crippen LogP contribution in [0.1, 0.15) is 51.9 Å². The summed E-state index contributed by atoms with van der Waals surface area (Å²) in [6.45, 7) is 5.16. The smallest absolute Gasteiger partial charge is 0.119 e. The van der Waals surface area contributed by atoms with Gasteiger partial charge >= 0.3 is 0 Å². The molecule has 1 unspecified atom stereocenters. The third-order valence-corrected chi connectivity index (χ3v) is 4.18. The Bertz CT molecular complexity index is 391. The van der Waals surface area contributed by atoms with Gasteiger partial charge < -0.3 is 15.4 Å². The number of hydrogen-bond acceptors (Lipinski definition) is 3. The molecule has 118 valence electrons. The highest BCUT2D eigenvalue weighted by atomic mass is 16.5. The second-order valence-electron chi connectivity index (χ2n) is 6.10. The highest BCUT2D eigenvalue weighted by Crippen LogP contribution is 2.22. The molecule has 0 amide bonds. The summed E-state index contributed by atoms with van der Waals surface area (Å²) >= 11 is 0. The normalized spacial score (nSPS) is 18.8. The lowest BCUT2D eigenvalue weighted by atomic mass is 10.1. The minimum Gasteiger partial charge on any atom is -0.494 e. The molecule has 1 saturated heterocycles. The fraction of sp³-hybridized carbons (Fsp3) is 0.667. The topological polar surface area (TPSA) is 38.5 Å². The number of unbranched alkanes of at least 4 members (excludes halogenated alkanes) is 4. The van der Waals surface area contributed by atoms with E-state index in [1.807, 2.05) is 0 Å². The van der Waals surface area contributed by atoms with Gasteiger partial charge in [-0.2, -0.15) is 0 Å². The average Bonchev–Trinajstić information content (AvgIpc) is 2.51. The number of piperidine rings is 1. The van der Waals surface area contributed by atoms with Crippen molar-refractivity contribution < 1.29 is 4.74 Å². The predicted molar refractivity (Wildman–Crippen MR) is 90.1 cm³/mol. The Labute approximate surface area is 129 Å². The highest BCUT2D eigenvalue weighted by molar-refractivity contribution is 5.49. The molecule has 1 fully saturated rings. The molecule has 2 rings (SSSR count). The quantitative estimate of drug-likeness (QED) is 0.736. The Morgan fingerprint density at radius 1 is 1.14 bits per heavy atom. The molecule has 0 aliphatic carbocycles. The maximum absolute atomic E-state index is 6.04.